The molecule has 6 nitrogen and oxygen atoms in total. The molecule has 1 aliphatic heterocycles. The molecule has 1 unspecified atom stereocenters. The fourth-order valence-corrected chi connectivity index (χ4v) is 3.76. The van der Waals surface area contributed by atoms with Gasteiger partial charge >= 0.3 is 0 Å². The lowest BCUT2D eigenvalue weighted by Gasteiger charge is -2.22. The standard InChI is InChI=1S/C12H21N3O3S/c1-9-12(10(2)18-15-9)7-14-19(16,17)8-11-4-3-5-13-6-11/h11,13-14H,3-8H2,1-2H3. The van der Waals surface area contributed by atoms with Crippen molar-refractivity contribution in [2.75, 3.05) is 18.8 Å². The highest BCUT2D eigenvalue weighted by Gasteiger charge is 2.21. The van der Waals surface area contributed by atoms with Crippen LogP contribution in [-0.2, 0) is 16.6 Å². The van der Waals surface area contributed by atoms with Gasteiger partial charge in [0.1, 0.15) is 5.76 Å². The Morgan fingerprint density at radius 2 is 2.26 bits per heavy atom. The van der Waals surface area contributed by atoms with Crippen LogP contribution in [0.3, 0.4) is 0 Å². The monoisotopic (exact) mass is 287 g/mol. The maximum Gasteiger partial charge on any atom is 0.212 e. The molecule has 1 aromatic rings. The van der Waals surface area contributed by atoms with E-state index >= 15 is 0 Å². The van der Waals surface area contributed by atoms with Crippen LogP contribution in [0.25, 0.3) is 0 Å². The summed E-state index contributed by atoms with van der Waals surface area (Å²) in [6, 6.07) is 0. The Morgan fingerprint density at radius 3 is 2.84 bits per heavy atom. The van der Waals surface area contributed by atoms with Gasteiger partial charge in [-0.2, -0.15) is 0 Å². The Hall–Kier alpha value is -0.920. The third-order valence-corrected chi connectivity index (χ3v) is 5.00. The van der Waals surface area contributed by atoms with Gasteiger partial charge in [-0.25, -0.2) is 13.1 Å². The van der Waals surface area contributed by atoms with Crippen LogP contribution in [0.5, 0.6) is 0 Å². The number of rotatable bonds is 5. The van der Waals surface area contributed by atoms with Crippen LogP contribution in [0.2, 0.25) is 0 Å². The minimum Gasteiger partial charge on any atom is -0.361 e. The average Bonchev–Trinajstić information content (AvgIpc) is 2.67. The summed E-state index contributed by atoms with van der Waals surface area (Å²) < 4.78 is 31.7. The van der Waals surface area contributed by atoms with Gasteiger partial charge < -0.3 is 9.84 Å². The lowest BCUT2D eigenvalue weighted by molar-refractivity contribution is 0.392. The summed E-state index contributed by atoms with van der Waals surface area (Å²) in [6.07, 6.45) is 2.02. The van der Waals surface area contributed by atoms with Crippen molar-refractivity contribution >= 4 is 10.0 Å². The molecule has 0 aliphatic carbocycles. The number of nitrogens with one attached hydrogen (secondary N) is 2. The van der Waals surface area contributed by atoms with E-state index < -0.39 is 10.0 Å². The molecule has 108 valence electrons. The van der Waals surface area contributed by atoms with Crippen LogP contribution < -0.4 is 10.0 Å². The zero-order chi connectivity index (χ0) is 13.9. The van der Waals surface area contributed by atoms with E-state index in [4.69, 9.17) is 4.52 Å². The first-order valence-corrected chi connectivity index (χ1v) is 8.23. The van der Waals surface area contributed by atoms with Crippen molar-refractivity contribution in [1.82, 2.24) is 15.2 Å². The van der Waals surface area contributed by atoms with Gasteiger partial charge in [0.25, 0.3) is 0 Å². The molecule has 1 saturated heterocycles. The minimum absolute atomic E-state index is 0.184. The van der Waals surface area contributed by atoms with Crippen LogP contribution in [0.1, 0.15) is 29.9 Å². The van der Waals surface area contributed by atoms with Crippen LogP contribution in [0.4, 0.5) is 0 Å². The van der Waals surface area contributed by atoms with Gasteiger partial charge in [0.05, 0.1) is 11.4 Å². The molecule has 0 amide bonds. The van der Waals surface area contributed by atoms with Crippen molar-refractivity contribution < 1.29 is 12.9 Å². The first-order chi connectivity index (χ1) is 8.98. The maximum absolute atomic E-state index is 12.0. The van der Waals surface area contributed by atoms with Crippen LogP contribution in [-0.4, -0.2) is 32.4 Å². The summed E-state index contributed by atoms with van der Waals surface area (Å²) in [5.74, 6) is 1.05. The number of hydrogen-bond acceptors (Lipinski definition) is 5. The third-order valence-electron chi connectivity index (χ3n) is 3.50. The lowest BCUT2D eigenvalue weighted by atomic mass is 10.0. The molecule has 1 aromatic heterocycles. The summed E-state index contributed by atoms with van der Waals surface area (Å²) in [5.41, 5.74) is 1.56. The number of nitrogens with zero attached hydrogens (tertiary/aromatic N) is 1. The van der Waals surface area contributed by atoms with Crippen molar-refractivity contribution in [1.29, 1.82) is 0 Å². The summed E-state index contributed by atoms with van der Waals surface area (Å²) in [5, 5.41) is 7.04. The Labute approximate surface area is 114 Å². The number of aryl methyl sites for hydroxylation is 2. The smallest absolute Gasteiger partial charge is 0.212 e. The fraction of sp³-hybridized carbons (Fsp3) is 0.750. The van der Waals surface area contributed by atoms with E-state index in [1.165, 1.54) is 0 Å². The second-order valence-corrected chi connectivity index (χ2v) is 6.97. The fourth-order valence-electron chi connectivity index (χ4n) is 2.37. The quantitative estimate of drug-likeness (QED) is 0.833. The Morgan fingerprint density at radius 1 is 1.47 bits per heavy atom. The van der Waals surface area contributed by atoms with E-state index in [0.29, 0.717) is 5.76 Å². The highest BCUT2D eigenvalue weighted by Crippen LogP contribution is 2.14. The predicted octanol–water partition coefficient (Wildman–Crippen LogP) is 0.710. The molecule has 0 radical (unpaired) electrons. The number of hydrogen-bond donors (Lipinski definition) is 2. The molecule has 19 heavy (non-hydrogen) atoms. The maximum atomic E-state index is 12.0. The number of aromatic nitrogens is 1. The molecule has 0 bridgehead atoms. The van der Waals surface area contributed by atoms with Gasteiger partial charge in [-0.05, 0) is 45.7 Å². The molecule has 2 rings (SSSR count). The van der Waals surface area contributed by atoms with Crippen molar-refractivity contribution in [2.45, 2.75) is 33.2 Å². The summed E-state index contributed by atoms with van der Waals surface area (Å²) in [4.78, 5) is 0. The Bertz CT molecular complexity index is 499. The van der Waals surface area contributed by atoms with Crippen LogP contribution in [0, 0.1) is 19.8 Å². The molecule has 7 heteroatoms. The zero-order valence-corrected chi connectivity index (χ0v) is 12.2. The van der Waals surface area contributed by atoms with Crippen molar-refractivity contribution in [3.05, 3.63) is 17.0 Å². The zero-order valence-electron chi connectivity index (χ0n) is 11.4. The Kier molecular flexibility index (Phi) is 4.59. The number of piperidine rings is 1. The van der Waals surface area contributed by atoms with Crippen LogP contribution >= 0.6 is 0 Å². The first kappa shape index (κ1) is 14.5. The van der Waals surface area contributed by atoms with Gasteiger partial charge in [-0.3, -0.25) is 0 Å². The molecule has 1 atom stereocenters. The van der Waals surface area contributed by atoms with Crippen LogP contribution in [0.15, 0.2) is 4.52 Å². The molecular formula is C12H21N3O3S. The second kappa shape index (κ2) is 6.02. The van der Waals surface area contributed by atoms with E-state index in [0.717, 1.165) is 37.2 Å². The van der Waals surface area contributed by atoms with Gasteiger partial charge in [0.2, 0.25) is 10.0 Å². The van der Waals surface area contributed by atoms with Gasteiger partial charge in [0.15, 0.2) is 0 Å². The number of sulfonamides is 1. The lowest BCUT2D eigenvalue weighted by Crippen LogP contribution is -2.37. The molecule has 1 aliphatic rings. The van der Waals surface area contributed by atoms with E-state index in [-0.39, 0.29) is 18.2 Å². The molecule has 0 spiro atoms. The molecule has 0 saturated carbocycles. The molecule has 2 heterocycles. The predicted molar refractivity (Wildman–Crippen MR) is 72.2 cm³/mol. The average molecular weight is 287 g/mol. The second-order valence-electron chi connectivity index (χ2n) is 5.12. The molecular weight excluding hydrogens is 266 g/mol. The van der Waals surface area contributed by atoms with E-state index in [1.54, 1.807) is 6.92 Å². The SMILES string of the molecule is Cc1noc(C)c1CNS(=O)(=O)CC1CCCNC1. The first-order valence-electron chi connectivity index (χ1n) is 6.58. The topological polar surface area (TPSA) is 84.2 Å². The normalized spacial score (nSPS) is 20.6. The summed E-state index contributed by atoms with van der Waals surface area (Å²) in [7, 11) is -3.25. The minimum atomic E-state index is -3.25. The van der Waals surface area contributed by atoms with Crippen molar-refractivity contribution in [3.63, 3.8) is 0 Å². The third kappa shape index (κ3) is 4.02. The van der Waals surface area contributed by atoms with Crippen molar-refractivity contribution in [2.24, 2.45) is 5.92 Å². The van der Waals surface area contributed by atoms with E-state index in [2.05, 4.69) is 15.2 Å². The van der Waals surface area contributed by atoms with Gasteiger partial charge in [-0.1, -0.05) is 5.16 Å². The summed E-state index contributed by atoms with van der Waals surface area (Å²) in [6.45, 7) is 5.62. The highest BCUT2D eigenvalue weighted by molar-refractivity contribution is 7.89. The highest BCUT2D eigenvalue weighted by atomic mass is 32.2. The molecule has 2 N–H and O–H groups in total. The van der Waals surface area contributed by atoms with Crippen molar-refractivity contribution in [3.8, 4) is 0 Å². The van der Waals surface area contributed by atoms with Gasteiger partial charge in [-0.15, -0.1) is 0 Å². The van der Waals surface area contributed by atoms with E-state index in [1.807, 2.05) is 6.92 Å². The Balaban J connectivity index is 1.90. The van der Waals surface area contributed by atoms with Gasteiger partial charge in [0, 0.05) is 12.1 Å². The molecule has 0 aromatic carbocycles. The molecule has 1 fully saturated rings. The summed E-state index contributed by atoms with van der Waals surface area (Å²) >= 11 is 0. The largest absolute Gasteiger partial charge is 0.361 e. The van der Waals surface area contributed by atoms with E-state index in [9.17, 15) is 8.42 Å².